The van der Waals surface area contributed by atoms with Crippen LogP contribution in [0, 0.1) is 0 Å². The van der Waals surface area contributed by atoms with Gasteiger partial charge in [0.05, 0.1) is 0 Å². The molecule has 0 fully saturated rings. The van der Waals surface area contributed by atoms with Crippen molar-refractivity contribution in [3.8, 4) is 0 Å². The molecule has 1 nitrogen and oxygen atoms in total. The fraction of sp³-hybridized carbons (Fsp3) is 1.00. The summed E-state index contributed by atoms with van der Waals surface area (Å²) in [4.78, 5) is 0. The molecule has 8 heavy (non-hydrogen) atoms. The first kappa shape index (κ1) is 15.7. The van der Waals surface area contributed by atoms with Crippen molar-refractivity contribution in [2.24, 2.45) is 5.73 Å². The first-order chi connectivity index (χ1) is 3.91. The topological polar surface area (TPSA) is 26.0 Å². The van der Waals surface area contributed by atoms with Crippen LogP contribution in [0.1, 0.15) is 42.0 Å². The maximum Gasteiger partial charge on any atom is 0 e. The van der Waals surface area contributed by atoms with Crippen molar-refractivity contribution >= 4 is 0 Å². The molecule has 1 heteroatoms. The van der Waals surface area contributed by atoms with E-state index in [4.69, 9.17) is 0 Å². The van der Waals surface area contributed by atoms with Gasteiger partial charge in [0.2, 0.25) is 0 Å². The molecule has 0 unspecified atom stereocenters. The molecule has 0 aliphatic rings. The maximum absolute atomic E-state index is 4.50. The average molecular weight is 121 g/mol. The van der Waals surface area contributed by atoms with Crippen molar-refractivity contribution in [1.82, 2.24) is 0 Å². The van der Waals surface area contributed by atoms with Crippen LogP contribution in [0.15, 0.2) is 0 Å². The molecular weight excluding hydrogens is 98.1 g/mol. The second kappa shape index (κ2) is 64.4. The monoisotopic (exact) mass is 121 g/mol. The van der Waals surface area contributed by atoms with E-state index in [0.717, 1.165) is 0 Å². The van der Waals surface area contributed by atoms with Crippen molar-refractivity contribution in [2.75, 3.05) is 7.05 Å². The second-order valence-corrected chi connectivity index (χ2v) is 1.000. The van der Waals surface area contributed by atoms with Gasteiger partial charge in [0.25, 0.3) is 0 Å². The van der Waals surface area contributed by atoms with Crippen molar-refractivity contribution < 1.29 is 1.43 Å². The normalized spacial score (nSPS) is 5.25. The van der Waals surface area contributed by atoms with E-state index in [9.17, 15) is 0 Å². The fourth-order valence-corrected chi connectivity index (χ4v) is 0. The summed E-state index contributed by atoms with van der Waals surface area (Å²) in [7, 11) is 1.50. The smallest absolute Gasteiger partial charge is 0 e. The van der Waals surface area contributed by atoms with Crippen LogP contribution in [0.25, 0.3) is 0 Å². The highest BCUT2D eigenvalue weighted by atomic mass is 14.4. The molecule has 0 atom stereocenters. The van der Waals surface area contributed by atoms with E-state index < -0.39 is 0 Å². The largest absolute Gasteiger partial charge is 0.333 e. The Labute approximate surface area is 55.8 Å². The molecule has 0 aliphatic heterocycles. The molecule has 2 N–H and O–H groups in total. The minimum absolute atomic E-state index is 0. The van der Waals surface area contributed by atoms with Crippen LogP contribution >= 0.6 is 0 Å². The zero-order chi connectivity index (χ0) is 7.41. The lowest BCUT2D eigenvalue weighted by Gasteiger charge is -1.68. The summed E-state index contributed by atoms with van der Waals surface area (Å²) in [6.45, 7) is 8.36. The predicted octanol–water partition coefficient (Wildman–Crippen LogP) is 2.65. The van der Waals surface area contributed by atoms with Gasteiger partial charge in [0.15, 0.2) is 0 Å². The van der Waals surface area contributed by atoms with Gasteiger partial charge in [-0.3, -0.25) is 0 Å². The van der Waals surface area contributed by atoms with E-state index in [2.05, 4.69) is 19.6 Å². The van der Waals surface area contributed by atoms with E-state index in [-0.39, 0.29) is 1.43 Å². The molecule has 0 aromatic carbocycles. The molecule has 0 radical (unpaired) electrons. The highest BCUT2D eigenvalue weighted by Gasteiger charge is 1.56. The number of hydrogen-bond donors (Lipinski definition) is 1. The van der Waals surface area contributed by atoms with Crippen LogP contribution < -0.4 is 5.73 Å². The van der Waals surface area contributed by atoms with Crippen LogP contribution in [-0.4, -0.2) is 7.05 Å². The van der Waals surface area contributed by atoms with Crippen molar-refractivity contribution in [2.45, 2.75) is 40.5 Å². The Bertz CT molecular complexity index is 10.9. The summed E-state index contributed by atoms with van der Waals surface area (Å²) >= 11 is 0. The Morgan fingerprint density at radius 1 is 1.00 bits per heavy atom. The number of hydrogen-bond acceptors (Lipinski definition) is 1. The quantitative estimate of drug-likeness (QED) is 0.567. The minimum atomic E-state index is 0. The zero-order valence-electron chi connectivity index (χ0n) is 6.99. The highest BCUT2D eigenvalue weighted by molar-refractivity contribution is 4.12. The molecule has 0 aromatic heterocycles. The number of nitrogens with two attached hydrogens (primary N) is 1. The third-order valence-electron chi connectivity index (χ3n) is 0.500. The summed E-state index contributed by atoms with van der Waals surface area (Å²) in [6.07, 6.45) is 2.64. The molecule has 0 heterocycles. The first-order valence-electron chi connectivity index (χ1n) is 3.49. The highest BCUT2D eigenvalue weighted by Crippen LogP contribution is 1.76. The molecule has 0 saturated heterocycles. The van der Waals surface area contributed by atoms with E-state index in [1.54, 1.807) is 0 Å². The second-order valence-electron chi connectivity index (χ2n) is 1.000. The molecular formula is C7H23N. The molecule has 0 rings (SSSR count). The maximum atomic E-state index is 4.50. The van der Waals surface area contributed by atoms with Gasteiger partial charge in [-0.05, 0) is 7.05 Å². The Morgan fingerprint density at radius 3 is 1.12 bits per heavy atom. The van der Waals surface area contributed by atoms with Gasteiger partial charge in [-0.15, -0.1) is 0 Å². The summed E-state index contributed by atoms with van der Waals surface area (Å²) < 4.78 is 0. The SMILES string of the molecule is CC.CCCC.CN.[HH]. The third-order valence-corrected chi connectivity index (χ3v) is 0.500. The van der Waals surface area contributed by atoms with Crippen LogP contribution in [0.5, 0.6) is 0 Å². The van der Waals surface area contributed by atoms with Crippen LogP contribution in [-0.2, 0) is 0 Å². The first-order valence-corrected chi connectivity index (χ1v) is 3.49. The Kier molecular flexibility index (Phi) is 126. The standard InChI is InChI=1S/C4H10.C2H6.CH5N.H2/c1-3-4-2;2*1-2;/h3-4H2,1-2H3;1-2H3;2H2,1H3;1H. The average Bonchev–Trinajstić information content (AvgIpc) is 1.96. The molecule has 0 amide bonds. The number of rotatable bonds is 1. The van der Waals surface area contributed by atoms with Crippen LogP contribution in [0.4, 0.5) is 0 Å². The lowest BCUT2D eigenvalue weighted by atomic mass is 10.4. The fourth-order valence-electron chi connectivity index (χ4n) is 0. The van der Waals surface area contributed by atoms with Crippen molar-refractivity contribution in [1.29, 1.82) is 0 Å². The summed E-state index contributed by atoms with van der Waals surface area (Å²) in [5, 5.41) is 0. The molecule has 0 bridgehead atoms. The van der Waals surface area contributed by atoms with E-state index in [0.29, 0.717) is 0 Å². The Hall–Kier alpha value is -0.0400. The molecule has 0 saturated carbocycles. The molecule has 0 aliphatic carbocycles. The zero-order valence-corrected chi connectivity index (χ0v) is 6.99. The lowest BCUT2D eigenvalue weighted by Crippen LogP contribution is -1.69. The third kappa shape index (κ3) is 159. The number of unbranched alkanes of at least 4 members (excludes halogenated alkanes) is 1. The van der Waals surface area contributed by atoms with Crippen LogP contribution in [0.3, 0.4) is 0 Å². The van der Waals surface area contributed by atoms with Gasteiger partial charge in [-0.25, -0.2) is 0 Å². The van der Waals surface area contributed by atoms with Crippen molar-refractivity contribution in [3.63, 3.8) is 0 Å². The van der Waals surface area contributed by atoms with Gasteiger partial charge in [0.1, 0.15) is 0 Å². The van der Waals surface area contributed by atoms with Gasteiger partial charge in [-0.2, -0.15) is 0 Å². The summed E-state index contributed by atoms with van der Waals surface area (Å²) in [5.41, 5.74) is 4.50. The molecule has 0 spiro atoms. The summed E-state index contributed by atoms with van der Waals surface area (Å²) in [6, 6.07) is 0. The Balaban J connectivity index is -0.0000000221. The van der Waals surface area contributed by atoms with Crippen molar-refractivity contribution in [3.05, 3.63) is 0 Å². The van der Waals surface area contributed by atoms with Gasteiger partial charge in [-0.1, -0.05) is 40.5 Å². The van der Waals surface area contributed by atoms with Gasteiger partial charge in [0, 0.05) is 1.43 Å². The predicted molar refractivity (Wildman–Crippen MR) is 44.2 cm³/mol. The molecule has 0 aromatic rings. The molecule has 56 valence electrons. The van der Waals surface area contributed by atoms with Gasteiger partial charge >= 0.3 is 0 Å². The lowest BCUT2D eigenvalue weighted by molar-refractivity contribution is 0.886. The van der Waals surface area contributed by atoms with E-state index in [1.807, 2.05) is 13.8 Å². The minimum Gasteiger partial charge on any atom is -0.333 e. The summed E-state index contributed by atoms with van der Waals surface area (Å²) in [5.74, 6) is 0. The van der Waals surface area contributed by atoms with E-state index >= 15 is 0 Å². The van der Waals surface area contributed by atoms with Crippen LogP contribution in [0.2, 0.25) is 0 Å². The Morgan fingerprint density at radius 2 is 1.12 bits per heavy atom. The van der Waals surface area contributed by atoms with Gasteiger partial charge < -0.3 is 5.73 Å². The van der Waals surface area contributed by atoms with E-state index in [1.165, 1.54) is 19.9 Å².